The molecule has 0 aliphatic heterocycles. The molecule has 0 saturated carbocycles. The SMILES string of the molecule is CCCCCC(C)(C)CNC(=O)C=CC(=O)O. The minimum Gasteiger partial charge on any atom is -0.478 e. The zero-order valence-electron chi connectivity index (χ0n) is 11.0. The van der Waals surface area contributed by atoms with E-state index in [0.29, 0.717) is 6.54 Å². The lowest BCUT2D eigenvalue weighted by molar-refractivity contribution is -0.131. The van der Waals surface area contributed by atoms with E-state index >= 15 is 0 Å². The maximum Gasteiger partial charge on any atom is 0.328 e. The maximum absolute atomic E-state index is 11.3. The average molecular weight is 241 g/mol. The Morgan fingerprint density at radius 2 is 1.88 bits per heavy atom. The summed E-state index contributed by atoms with van der Waals surface area (Å²) >= 11 is 0. The normalized spacial score (nSPS) is 11.7. The van der Waals surface area contributed by atoms with Crippen molar-refractivity contribution in [3.8, 4) is 0 Å². The van der Waals surface area contributed by atoms with Gasteiger partial charge in [0, 0.05) is 18.7 Å². The van der Waals surface area contributed by atoms with Crippen LogP contribution in [0, 0.1) is 5.41 Å². The fourth-order valence-electron chi connectivity index (χ4n) is 1.47. The van der Waals surface area contributed by atoms with E-state index in [1.165, 1.54) is 12.8 Å². The molecule has 0 aliphatic carbocycles. The molecule has 0 aromatic heterocycles. The molecule has 4 nitrogen and oxygen atoms in total. The topological polar surface area (TPSA) is 66.4 Å². The molecular weight excluding hydrogens is 218 g/mol. The molecule has 1 amide bonds. The number of nitrogens with one attached hydrogen (secondary N) is 1. The molecule has 4 heteroatoms. The van der Waals surface area contributed by atoms with Crippen molar-refractivity contribution in [3.63, 3.8) is 0 Å². The van der Waals surface area contributed by atoms with Gasteiger partial charge >= 0.3 is 5.97 Å². The minimum absolute atomic E-state index is 0.0574. The van der Waals surface area contributed by atoms with Crippen LogP contribution in [0.4, 0.5) is 0 Å². The predicted molar refractivity (Wildman–Crippen MR) is 67.7 cm³/mol. The first-order valence-corrected chi connectivity index (χ1v) is 6.06. The van der Waals surface area contributed by atoms with Crippen LogP contribution in [0.3, 0.4) is 0 Å². The fourth-order valence-corrected chi connectivity index (χ4v) is 1.47. The molecule has 17 heavy (non-hydrogen) atoms. The van der Waals surface area contributed by atoms with Crippen LogP contribution in [0.5, 0.6) is 0 Å². The lowest BCUT2D eigenvalue weighted by atomic mass is 9.87. The Morgan fingerprint density at radius 1 is 1.24 bits per heavy atom. The third-order valence-corrected chi connectivity index (χ3v) is 2.58. The quantitative estimate of drug-likeness (QED) is 0.506. The summed E-state index contributed by atoms with van der Waals surface area (Å²) < 4.78 is 0. The molecule has 0 atom stereocenters. The van der Waals surface area contributed by atoms with Crippen molar-refractivity contribution in [2.24, 2.45) is 5.41 Å². The maximum atomic E-state index is 11.3. The lowest BCUT2D eigenvalue weighted by Crippen LogP contribution is -2.33. The van der Waals surface area contributed by atoms with Gasteiger partial charge in [0.15, 0.2) is 0 Å². The number of hydrogen-bond donors (Lipinski definition) is 2. The highest BCUT2D eigenvalue weighted by molar-refractivity contribution is 5.93. The van der Waals surface area contributed by atoms with Crippen LogP contribution in [0.1, 0.15) is 46.5 Å². The van der Waals surface area contributed by atoms with E-state index in [0.717, 1.165) is 25.0 Å². The number of carboxylic acids is 1. The van der Waals surface area contributed by atoms with Crippen molar-refractivity contribution in [1.29, 1.82) is 0 Å². The van der Waals surface area contributed by atoms with Crippen LogP contribution >= 0.6 is 0 Å². The first-order chi connectivity index (χ1) is 7.87. The van der Waals surface area contributed by atoms with E-state index in [-0.39, 0.29) is 11.3 Å². The largest absolute Gasteiger partial charge is 0.478 e. The van der Waals surface area contributed by atoms with Crippen LogP contribution in [-0.2, 0) is 9.59 Å². The third kappa shape index (κ3) is 9.60. The Hall–Kier alpha value is -1.32. The zero-order valence-corrected chi connectivity index (χ0v) is 11.0. The highest BCUT2D eigenvalue weighted by atomic mass is 16.4. The van der Waals surface area contributed by atoms with Gasteiger partial charge in [-0.1, -0.05) is 40.0 Å². The van der Waals surface area contributed by atoms with E-state index in [1.54, 1.807) is 0 Å². The Balaban J connectivity index is 3.91. The van der Waals surface area contributed by atoms with Crippen molar-refractivity contribution in [2.45, 2.75) is 46.5 Å². The van der Waals surface area contributed by atoms with Crippen molar-refractivity contribution in [1.82, 2.24) is 5.32 Å². The molecule has 0 aromatic carbocycles. The van der Waals surface area contributed by atoms with Crippen molar-refractivity contribution in [2.75, 3.05) is 6.54 Å². The van der Waals surface area contributed by atoms with Gasteiger partial charge in [0.25, 0.3) is 0 Å². The Bertz CT molecular complexity index is 282. The Morgan fingerprint density at radius 3 is 2.41 bits per heavy atom. The van der Waals surface area contributed by atoms with E-state index in [2.05, 4.69) is 26.1 Å². The van der Waals surface area contributed by atoms with Crippen LogP contribution in [0.15, 0.2) is 12.2 Å². The second-order valence-electron chi connectivity index (χ2n) is 5.01. The van der Waals surface area contributed by atoms with E-state index < -0.39 is 5.97 Å². The van der Waals surface area contributed by atoms with E-state index in [1.807, 2.05) is 0 Å². The van der Waals surface area contributed by atoms with E-state index in [9.17, 15) is 9.59 Å². The minimum atomic E-state index is -1.11. The van der Waals surface area contributed by atoms with Crippen molar-refractivity contribution >= 4 is 11.9 Å². The highest BCUT2D eigenvalue weighted by Gasteiger charge is 2.17. The molecule has 0 bridgehead atoms. The van der Waals surface area contributed by atoms with Crippen molar-refractivity contribution in [3.05, 3.63) is 12.2 Å². The summed E-state index contributed by atoms with van der Waals surface area (Å²) in [6, 6.07) is 0. The second kappa shape index (κ2) is 7.87. The fraction of sp³-hybridized carbons (Fsp3) is 0.692. The van der Waals surface area contributed by atoms with Gasteiger partial charge in [0.05, 0.1) is 0 Å². The first-order valence-electron chi connectivity index (χ1n) is 6.06. The summed E-state index contributed by atoms with van der Waals surface area (Å²) in [4.78, 5) is 21.5. The van der Waals surface area contributed by atoms with Gasteiger partial charge in [-0.3, -0.25) is 4.79 Å². The molecule has 98 valence electrons. The number of rotatable bonds is 8. The van der Waals surface area contributed by atoms with Gasteiger partial charge in [-0.05, 0) is 11.8 Å². The van der Waals surface area contributed by atoms with Gasteiger partial charge in [0.2, 0.25) is 5.91 Å². The third-order valence-electron chi connectivity index (χ3n) is 2.58. The van der Waals surface area contributed by atoms with Crippen LogP contribution in [0.25, 0.3) is 0 Å². The Kier molecular flexibility index (Phi) is 7.26. The molecule has 0 fully saturated rings. The summed E-state index contributed by atoms with van der Waals surface area (Å²) in [5.74, 6) is -1.46. The van der Waals surface area contributed by atoms with Gasteiger partial charge in [-0.25, -0.2) is 4.79 Å². The first kappa shape index (κ1) is 15.7. The smallest absolute Gasteiger partial charge is 0.328 e. The number of unbranched alkanes of at least 4 members (excludes halogenated alkanes) is 2. The number of carbonyl (C=O) groups is 2. The number of hydrogen-bond acceptors (Lipinski definition) is 2. The van der Waals surface area contributed by atoms with Crippen molar-refractivity contribution < 1.29 is 14.7 Å². The molecule has 2 N–H and O–H groups in total. The molecule has 0 spiro atoms. The lowest BCUT2D eigenvalue weighted by Gasteiger charge is -2.24. The monoisotopic (exact) mass is 241 g/mol. The molecule has 0 rings (SSSR count). The Labute approximate surface area is 103 Å². The standard InChI is InChI=1S/C13H23NO3/c1-4-5-6-9-13(2,3)10-14-11(15)7-8-12(16)17/h7-8H,4-6,9-10H2,1-3H3,(H,14,15)(H,16,17). The number of carbonyl (C=O) groups excluding carboxylic acids is 1. The molecule has 0 heterocycles. The van der Waals surface area contributed by atoms with Gasteiger partial charge in [-0.15, -0.1) is 0 Å². The zero-order chi connectivity index (χ0) is 13.3. The average Bonchev–Trinajstić information content (AvgIpc) is 2.24. The summed E-state index contributed by atoms with van der Waals surface area (Å²) in [5.41, 5.74) is 0.0574. The van der Waals surface area contributed by atoms with Gasteiger partial charge < -0.3 is 10.4 Å². The summed E-state index contributed by atoms with van der Waals surface area (Å²) in [7, 11) is 0. The number of amides is 1. The van der Waals surface area contributed by atoms with Crippen LogP contribution < -0.4 is 5.32 Å². The van der Waals surface area contributed by atoms with Gasteiger partial charge in [-0.2, -0.15) is 0 Å². The predicted octanol–water partition coefficient (Wildman–Crippen LogP) is 2.35. The highest BCUT2D eigenvalue weighted by Crippen LogP contribution is 2.22. The summed E-state index contributed by atoms with van der Waals surface area (Å²) in [6.07, 6.45) is 6.50. The number of aliphatic carboxylic acids is 1. The molecule has 0 saturated heterocycles. The summed E-state index contributed by atoms with van der Waals surface area (Å²) in [6.45, 7) is 6.93. The van der Waals surface area contributed by atoms with Gasteiger partial charge in [0.1, 0.15) is 0 Å². The second-order valence-corrected chi connectivity index (χ2v) is 5.01. The van der Waals surface area contributed by atoms with E-state index in [4.69, 9.17) is 5.11 Å². The number of carboxylic acid groups (broad SMARTS) is 1. The molecule has 0 radical (unpaired) electrons. The molecule has 0 aliphatic rings. The van der Waals surface area contributed by atoms with Crippen LogP contribution in [0.2, 0.25) is 0 Å². The molecule has 0 unspecified atom stereocenters. The summed E-state index contributed by atoms with van der Waals surface area (Å²) in [5, 5.41) is 11.1. The van der Waals surface area contributed by atoms with Crippen LogP contribution in [-0.4, -0.2) is 23.5 Å². The molecule has 0 aromatic rings. The molecular formula is C13H23NO3.